The van der Waals surface area contributed by atoms with Gasteiger partial charge in [-0.15, -0.1) is 0 Å². The minimum absolute atomic E-state index is 0.116. The topological polar surface area (TPSA) is 269 Å². The second kappa shape index (κ2) is 12.2. The number of aromatic hydroxyl groups is 3. The van der Waals surface area contributed by atoms with Gasteiger partial charge in [-0.05, 0) is 24.3 Å². The van der Waals surface area contributed by atoms with E-state index in [1.165, 1.54) is 24.3 Å². The molecule has 10 atom stereocenters. The van der Waals surface area contributed by atoms with Crippen molar-refractivity contribution in [3.05, 3.63) is 46.6 Å². The highest BCUT2D eigenvalue weighted by molar-refractivity contribution is 5.88. The van der Waals surface area contributed by atoms with Crippen LogP contribution >= 0.6 is 0 Å². The Morgan fingerprint density at radius 1 is 0.721 bits per heavy atom. The van der Waals surface area contributed by atoms with Crippen LogP contribution in [-0.4, -0.2) is 126 Å². The van der Waals surface area contributed by atoms with Crippen molar-refractivity contribution in [3.8, 4) is 34.3 Å². The molecule has 5 rings (SSSR count). The molecule has 0 amide bonds. The maximum Gasteiger partial charge on any atom is 0.239 e. The van der Waals surface area contributed by atoms with Gasteiger partial charge in [0.1, 0.15) is 77.0 Å². The fourth-order valence-corrected chi connectivity index (χ4v) is 4.84. The summed E-state index contributed by atoms with van der Waals surface area (Å²) in [7, 11) is 0. The fraction of sp³-hybridized carbons (Fsp3) is 0.444. The summed E-state index contributed by atoms with van der Waals surface area (Å²) in [6, 6.07) is 7.25. The summed E-state index contributed by atoms with van der Waals surface area (Å²) in [5.41, 5.74) is -1.01. The summed E-state index contributed by atoms with van der Waals surface area (Å²) in [5, 5.41) is 101. The standard InChI is InChI=1S/C27H30O16/c28-7-14-17(32)20(35)22(37)26(41-14)39-8-15-18(33)21(36)23(38)27(42-15)43-25-19(34)16-12(31)5-11(30)6-13(16)40-24(25)9-1-3-10(29)4-2-9/h1-6,14-15,17-18,20-23,26-33,35-38H,7-8H2/t14-,15-,17+,18+,20+,21-,22-,23-,26-,27-/m1/s1. The predicted molar refractivity (Wildman–Crippen MR) is 140 cm³/mol. The Labute approximate surface area is 241 Å². The minimum Gasteiger partial charge on any atom is -0.508 e. The first-order valence-electron chi connectivity index (χ1n) is 13.0. The molecule has 2 aromatic carbocycles. The molecule has 0 radical (unpaired) electrons. The molecule has 16 nitrogen and oxygen atoms in total. The lowest BCUT2D eigenvalue weighted by molar-refractivity contribution is -0.323. The van der Waals surface area contributed by atoms with E-state index in [4.69, 9.17) is 23.4 Å². The Bertz CT molecular complexity index is 1490. The van der Waals surface area contributed by atoms with Crippen LogP contribution in [0.15, 0.2) is 45.6 Å². The fourth-order valence-electron chi connectivity index (χ4n) is 4.84. The molecule has 1 aromatic heterocycles. The van der Waals surface area contributed by atoms with Gasteiger partial charge in [0.25, 0.3) is 0 Å². The van der Waals surface area contributed by atoms with Crippen LogP contribution in [0, 0.1) is 0 Å². The van der Waals surface area contributed by atoms with Crippen LogP contribution in [-0.2, 0) is 14.2 Å². The highest BCUT2D eigenvalue weighted by Gasteiger charge is 2.48. The van der Waals surface area contributed by atoms with Gasteiger partial charge < -0.3 is 74.4 Å². The zero-order valence-electron chi connectivity index (χ0n) is 22.1. The zero-order chi connectivity index (χ0) is 31.2. The Balaban J connectivity index is 1.45. The molecule has 10 N–H and O–H groups in total. The van der Waals surface area contributed by atoms with Gasteiger partial charge in [-0.3, -0.25) is 4.79 Å². The Morgan fingerprint density at radius 3 is 1.98 bits per heavy atom. The van der Waals surface area contributed by atoms with Gasteiger partial charge in [0.05, 0.1) is 13.2 Å². The van der Waals surface area contributed by atoms with Crippen molar-refractivity contribution in [2.45, 2.75) is 61.4 Å². The van der Waals surface area contributed by atoms with Crippen LogP contribution in [0.2, 0.25) is 0 Å². The number of ether oxygens (including phenoxy) is 4. The van der Waals surface area contributed by atoms with Crippen molar-refractivity contribution in [3.63, 3.8) is 0 Å². The van der Waals surface area contributed by atoms with Gasteiger partial charge in [-0.1, -0.05) is 0 Å². The van der Waals surface area contributed by atoms with Crippen molar-refractivity contribution in [1.29, 1.82) is 0 Å². The molecular weight excluding hydrogens is 580 g/mol. The van der Waals surface area contributed by atoms with E-state index in [1.807, 2.05) is 0 Å². The molecule has 0 saturated carbocycles. The van der Waals surface area contributed by atoms with E-state index in [0.717, 1.165) is 12.1 Å². The zero-order valence-corrected chi connectivity index (χ0v) is 22.1. The average molecular weight is 611 g/mol. The van der Waals surface area contributed by atoms with Crippen LogP contribution in [0.25, 0.3) is 22.3 Å². The molecule has 3 heterocycles. The average Bonchev–Trinajstić information content (AvgIpc) is 2.97. The highest BCUT2D eigenvalue weighted by atomic mass is 16.7. The first-order valence-corrected chi connectivity index (χ1v) is 13.0. The number of phenolic OH excluding ortho intramolecular Hbond substituents is 3. The number of benzene rings is 2. The highest BCUT2D eigenvalue weighted by Crippen LogP contribution is 2.37. The number of phenols is 3. The van der Waals surface area contributed by atoms with E-state index in [2.05, 4.69) is 0 Å². The Kier molecular flexibility index (Phi) is 8.77. The molecule has 3 aromatic rings. The summed E-state index contributed by atoms with van der Waals surface area (Å²) in [4.78, 5) is 13.6. The Morgan fingerprint density at radius 2 is 1.33 bits per heavy atom. The number of rotatable bonds is 7. The maximum atomic E-state index is 13.6. The van der Waals surface area contributed by atoms with E-state index in [0.29, 0.717) is 0 Å². The molecule has 2 saturated heterocycles. The molecule has 0 aliphatic carbocycles. The van der Waals surface area contributed by atoms with E-state index in [9.17, 15) is 55.9 Å². The van der Waals surface area contributed by atoms with Crippen molar-refractivity contribution in [1.82, 2.24) is 0 Å². The van der Waals surface area contributed by atoms with Gasteiger partial charge >= 0.3 is 0 Å². The molecule has 16 heteroatoms. The Hall–Kier alpha value is -3.55. The largest absolute Gasteiger partial charge is 0.508 e. The lowest BCUT2D eigenvalue weighted by atomic mass is 9.98. The smallest absolute Gasteiger partial charge is 0.239 e. The molecule has 43 heavy (non-hydrogen) atoms. The molecule has 0 unspecified atom stereocenters. The third-order valence-electron chi connectivity index (χ3n) is 7.22. The van der Waals surface area contributed by atoms with Crippen LogP contribution in [0.5, 0.6) is 23.0 Å². The lowest BCUT2D eigenvalue weighted by Gasteiger charge is -2.42. The molecule has 234 valence electrons. The van der Waals surface area contributed by atoms with Crippen LogP contribution in [0.1, 0.15) is 0 Å². The number of aliphatic hydroxyl groups excluding tert-OH is 7. The molecule has 2 fully saturated rings. The third kappa shape index (κ3) is 5.85. The van der Waals surface area contributed by atoms with Crippen molar-refractivity contribution in [2.24, 2.45) is 0 Å². The maximum absolute atomic E-state index is 13.6. The van der Waals surface area contributed by atoms with E-state index in [1.54, 1.807) is 0 Å². The molecule has 2 aliphatic heterocycles. The first-order chi connectivity index (χ1) is 20.4. The second-order valence-electron chi connectivity index (χ2n) is 10.1. The summed E-state index contributed by atoms with van der Waals surface area (Å²) < 4.78 is 27.8. The quantitative estimate of drug-likeness (QED) is 0.133. The SMILES string of the molecule is O=c1c(O[C@H]2O[C@H](CO[C@@H]3O[C@H](CO)[C@H](O)[C@H](O)[C@H]3O)[C@H](O)[C@@H](O)[C@H]2O)c(-c2ccc(O)cc2)oc2cc(O)cc(O)c12. The van der Waals surface area contributed by atoms with Gasteiger partial charge in [-0.25, -0.2) is 0 Å². The van der Waals surface area contributed by atoms with Gasteiger partial charge in [-0.2, -0.15) is 0 Å². The number of aliphatic hydroxyl groups is 7. The summed E-state index contributed by atoms with van der Waals surface area (Å²) in [5.74, 6) is -2.07. The number of hydrogen-bond donors (Lipinski definition) is 10. The van der Waals surface area contributed by atoms with Crippen molar-refractivity contribution >= 4 is 11.0 Å². The predicted octanol–water partition coefficient (Wildman–Crippen LogP) is -2.42. The summed E-state index contributed by atoms with van der Waals surface area (Å²) in [6.45, 7) is -1.37. The number of hydrogen-bond acceptors (Lipinski definition) is 16. The van der Waals surface area contributed by atoms with Gasteiger partial charge in [0, 0.05) is 17.7 Å². The van der Waals surface area contributed by atoms with Gasteiger partial charge in [0.2, 0.25) is 17.5 Å². The summed E-state index contributed by atoms with van der Waals surface area (Å²) in [6.07, 6.45) is -17.1. The van der Waals surface area contributed by atoms with Crippen LogP contribution < -0.4 is 10.2 Å². The van der Waals surface area contributed by atoms with E-state index >= 15 is 0 Å². The van der Waals surface area contributed by atoms with Gasteiger partial charge in [0.15, 0.2) is 12.1 Å². The number of fused-ring (bicyclic) bond motifs is 1. The first kappa shape index (κ1) is 30.9. The molecular formula is C27H30O16. The second-order valence-corrected chi connectivity index (χ2v) is 10.1. The summed E-state index contributed by atoms with van der Waals surface area (Å²) >= 11 is 0. The van der Waals surface area contributed by atoms with Crippen LogP contribution in [0.3, 0.4) is 0 Å². The monoisotopic (exact) mass is 610 g/mol. The minimum atomic E-state index is -1.95. The van der Waals surface area contributed by atoms with Crippen LogP contribution in [0.4, 0.5) is 0 Å². The molecule has 0 bridgehead atoms. The third-order valence-corrected chi connectivity index (χ3v) is 7.22. The lowest BCUT2D eigenvalue weighted by Crippen LogP contribution is -2.62. The normalized spacial score (nSPS) is 33.0. The van der Waals surface area contributed by atoms with E-state index in [-0.39, 0.29) is 22.7 Å². The van der Waals surface area contributed by atoms with Crippen molar-refractivity contribution < 1.29 is 74.4 Å². The molecule has 0 spiro atoms. The van der Waals surface area contributed by atoms with Crippen molar-refractivity contribution in [2.75, 3.05) is 13.2 Å². The molecule has 2 aliphatic rings. The van der Waals surface area contributed by atoms with E-state index < -0.39 is 103 Å².